The Morgan fingerprint density at radius 2 is 1.80 bits per heavy atom. The Hall–Kier alpha value is -0.0400. The number of rotatable bonds is 4. The van der Waals surface area contributed by atoms with Gasteiger partial charge in [-0.1, -0.05) is 47.0 Å². The van der Waals surface area contributed by atoms with Crippen LogP contribution in [0.4, 0.5) is 0 Å². The second-order valence-corrected chi connectivity index (χ2v) is 6.17. The van der Waals surface area contributed by atoms with Crippen LogP contribution >= 0.6 is 0 Å². The third-order valence-corrected chi connectivity index (χ3v) is 3.82. The molecule has 0 aliphatic heterocycles. The van der Waals surface area contributed by atoms with E-state index >= 15 is 0 Å². The van der Waals surface area contributed by atoms with Crippen LogP contribution in [0.2, 0.25) is 0 Å². The summed E-state index contributed by atoms with van der Waals surface area (Å²) in [5, 5.41) is 3.78. The van der Waals surface area contributed by atoms with Crippen LogP contribution in [-0.4, -0.2) is 12.6 Å². The summed E-state index contributed by atoms with van der Waals surface area (Å²) in [5.41, 5.74) is 0.476. The van der Waals surface area contributed by atoms with Gasteiger partial charge in [-0.2, -0.15) is 0 Å². The number of nitrogens with one attached hydrogen (secondary N) is 1. The second kappa shape index (κ2) is 5.89. The molecule has 1 rings (SSSR count). The zero-order chi connectivity index (χ0) is 11.3. The minimum Gasteiger partial charge on any atom is -0.314 e. The highest BCUT2D eigenvalue weighted by Crippen LogP contribution is 2.37. The molecule has 1 saturated carbocycles. The zero-order valence-corrected chi connectivity index (χ0v) is 11.1. The molecule has 1 N–H and O–H groups in total. The van der Waals surface area contributed by atoms with E-state index in [9.17, 15) is 0 Å². The van der Waals surface area contributed by atoms with Gasteiger partial charge in [0.2, 0.25) is 0 Å². The van der Waals surface area contributed by atoms with E-state index in [1.807, 2.05) is 0 Å². The molecular formula is C14H29N. The summed E-state index contributed by atoms with van der Waals surface area (Å²) in [6, 6.07) is 0.783. The van der Waals surface area contributed by atoms with Crippen LogP contribution in [0.25, 0.3) is 0 Å². The molecule has 1 nitrogen and oxygen atoms in total. The molecule has 0 spiro atoms. The van der Waals surface area contributed by atoms with Gasteiger partial charge in [-0.15, -0.1) is 0 Å². The summed E-state index contributed by atoms with van der Waals surface area (Å²) >= 11 is 0. The molecule has 1 fully saturated rings. The second-order valence-electron chi connectivity index (χ2n) is 6.17. The summed E-state index contributed by atoms with van der Waals surface area (Å²) < 4.78 is 0. The molecule has 0 bridgehead atoms. The normalized spacial score (nSPS) is 28.0. The quantitative estimate of drug-likeness (QED) is 0.694. The van der Waals surface area contributed by atoms with Gasteiger partial charge in [-0.3, -0.25) is 0 Å². The average molecular weight is 211 g/mol. The average Bonchev–Trinajstić information content (AvgIpc) is 2.17. The van der Waals surface area contributed by atoms with Crippen molar-refractivity contribution >= 4 is 0 Å². The fourth-order valence-corrected chi connectivity index (χ4v) is 2.88. The van der Waals surface area contributed by atoms with Crippen LogP contribution < -0.4 is 5.32 Å². The number of hydrogen-bond acceptors (Lipinski definition) is 1. The molecule has 90 valence electrons. The van der Waals surface area contributed by atoms with Crippen LogP contribution in [0, 0.1) is 11.3 Å². The van der Waals surface area contributed by atoms with Crippen molar-refractivity contribution in [2.24, 2.45) is 11.3 Å². The molecule has 0 aromatic carbocycles. The Morgan fingerprint density at radius 1 is 1.13 bits per heavy atom. The van der Waals surface area contributed by atoms with Crippen molar-refractivity contribution in [3.05, 3.63) is 0 Å². The van der Waals surface area contributed by atoms with Crippen molar-refractivity contribution in [1.82, 2.24) is 5.32 Å². The molecule has 2 atom stereocenters. The van der Waals surface area contributed by atoms with Crippen LogP contribution in [0.1, 0.15) is 66.2 Å². The molecule has 0 aromatic rings. The monoisotopic (exact) mass is 211 g/mol. The Morgan fingerprint density at radius 3 is 2.40 bits per heavy atom. The van der Waals surface area contributed by atoms with Crippen molar-refractivity contribution in [1.29, 1.82) is 0 Å². The molecule has 0 radical (unpaired) electrons. The topological polar surface area (TPSA) is 12.0 Å². The van der Waals surface area contributed by atoms with Crippen molar-refractivity contribution < 1.29 is 0 Å². The van der Waals surface area contributed by atoms with E-state index in [-0.39, 0.29) is 0 Å². The van der Waals surface area contributed by atoms with Gasteiger partial charge in [-0.25, -0.2) is 0 Å². The fraction of sp³-hybridized carbons (Fsp3) is 1.00. The molecule has 15 heavy (non-hydrogen) atoms. The first kappa shape index (κ1) is 13.0. The van der Waals surface area contributed by atoms with Gasteiger partial charge in [0.25, 0.3) is 0 Å². The van der Waals surface area contributed by atoms with Crippen LogP contribution in [0.3, 0.4) is 0 Å². The van der Waals surface area contributed by atoms with E-state index in [0.717, 1.165) is 12.0 Å². The van der Waals surface area contributed by atoms with Crippen molar-refractivity contribution in [3.8, 4) is 0 Å². The van der Waals surface area contributed by atoms with Gasteiger partial charge < -0.3 is 5.32 Å². The van der Waals surface area contributed by atoms with Gasteiger partial charge in [0.1, 0.15) is 0 Å². The van der Waals surface area contributed by atoms with Crippen molar-refractivity contribution in [3.63, 3.8) is 0 Å². The zero-order valence-electron chi connectivity index (χ0n) is 11.1. The maximum atomic E-state index is 3.78. The maximum absolute atomic E-state index is 3.78. The summed E-state index contributed by atoms with van der Waals surface area (Å²) in [4.78, 5) is 0. The Balaban J connectivity index is 2.43. The third kappa shape index (κ3) is 4.14. The lowest BCUT2D eigenvalue weighted by Gasteiger charge is -2.41. The first-order chi connectivity index (χ1) is 7.05. The highest BCUT2D eigenvalue weighted by molar-refractivity contribution is 4.88. The molecule has 1 aliphatic rings. The first-order valence-corrected chi connectivity index (χ1v) is 6.79. The first-order valence-electron chi connectivity index (χ1n) is 6.79. The molecule has 0 saturated heterocycles. The summed E-state index contributed by atoms with van der Waals surface area (Å²) in [5.74, 6) is 0.878. The minimum absolute atomic E-state index is 0.476. The number of hydrogen-bond donors (Lipinski definition) is 1. The molecule has 1 aliphatic carbocycles. The summed E-state index contributed by atoms with van der Waals surface area (Å²) in [6.45, 7) is 10.7. The smallest absolute Gasteiger partial charge is 0.0100 e. The van der Waals surface area contributed by atoms with Gasteiger partial charge in [0, 0.05) is 6.04 Å². The summed E-state index contributed by atoms with van der Waals surface area (Å²) in [7, 11) is 0. The number of unbranched alkanes of at least 4 members (excludes halogenated alkanes) is 1. The van der Waals surface area contributed by atoms with E-state index in [4.69, 9.17) is 0 Å². The van der Waals surface area contributed by atoms with E-state index in [0.29, 0.717) is 5.41 Å². The van der Waals surface area contributed by atoms with Crippen LogP contribution in [0.15, 0.2) is 0 Å². The molecule has 0 aromatic heterocycles. The van der Waals surface area contributed by atoms with Crippen molar-refractivity contribution in [2.45, 2.75) is 72.3 Å². The molecule has 2 unspecified atom stereocenters. The Bertz CT molecular complexity index is 169. The molecule has 0 heterocycles. The highest BCUT2D eigenvalue weighted by atomic mass is 14.9. The largest absolute Gasteiger partial charge is 0.314 e. The molecule has 0 amide bonds. The van der Waals surface area contributed by atoms with Gasteiger partial charge in [0.15, 0.2) is 0 Å². The Labute approximate surface area is 96.0 Å². The van der Waals surface area contributed by atoms with Crippen LogP contribution in [-0.2, 0) is 0 Å². The minimum atomic E-state index is 0.476. The lowest BCUT2D eigenvalue weighted by Crippen LogP contribution is -2.44. The SMILES string of the molecule is CCCCNC1CCCCC1C(C)(C)C. The lowest BCUT2D eigenvalue weighted by atomic mass is 9.69. The Kier molecular flexibility index (Phi) is 5.11. The highest BCUT2D eigenvalue weighted by Gasteiger charge is 2.33. The lowest BCUT2D eigenvalue weighted by molar-refractivity contribution is 0.131. The van der Waals surface area contributed by atoms with Gasteiger partial charge in [0.05, 0.1) is 0 Å². The van der Waals surface area contributed by atoms with E-state index in [1.54, 1.807) is 0 Å². The van der Waals surface area contributed by atoms with E-state index < -0.39 is 0 Å². The summed E-state index contributed by atoms with van der Waals surface area (Å²) in [6.07, 6.45) is 8.32. The van der Waals surface area contributed by atoms with E-state index in [2.05, 4.69) is 33.0 Å². The van der Waals surface area contributed by atoms with Gasteiger partial charge >= 0.3 is 0 Å². The predicted molar refractivity (Wildman–Crippen MR) is 68.1 cm³/mol. The molecule has 1 heteroatoms. The fourth-order valence-electron chi connectivity index (χ4n) is 2.88. The van der Waals surface area contributed by atoms with Crippen molar-refractivity contribution in [2.75, 3.05) is 6.54 Å². The maximum Gasteiger partial charge on any atom is 0.0100 e. The van der Waals surface area contributed by atoms with Crippen LogP contribution in [0.5, 0.6) is 0 Å². The van der Waals surface area contributed by atoms with E-state index in [1.165, 1.54) is 45.1 Å². The predicted octanol–water partition coefficient (Wildman–Crippen LogP) is 3.98. The third-order valence-electron chi connectivity index (χ3n) is 3.82. The van der Waals surface area contributed by atoms with Gasteiger partial charge in [-0.05, 0) is 37.1 Å². The standard InChI is InChI=1S/C14H29N/c1-5-6-11-15-13-10-8-7-9-12(13)14(2,3)4/h12-13,15H,5-11H2,1-4H3. The molecular weight excluding hydrogens is 182 g/mol.